The molecular weight excluding hydrogens is 224 g/mol. The molecule has 0 heterocycles. The van der Waals surface area contributed by atoms with Gasteiger partial charge >= 0.3 is 0 Å². The second-order valence-electron chi connectivity index (χ2n) is 4.48. The Bertz CT molecular complexity index is 384. The van der Waals surface area contributed by atoms with Gasteiger partial charge in [0.25, 0.3) is 0 Å². The van der Waals surface area contributed by atoms with Gasteiger partial charge in [-0.25, -0.2) is 0 Å². The van der Waals surface area contributed by atoms with Gasteiger partial charge in [-0.05, 0) is 24.6 Å². The molecular formula is C15H22N2O. The highest BCUT2D eigenvalue weighted by Crippen LogP contribution is 2.11. The molecule has 0 aromatic heterocycles. The van der Waals surface area contributed by atoms with E-state index in [2.05, 4.69) is 17.9 Å². The number of benzene rings is 1. The molecule has 0 saturated carbocycles. The Morgan fingerprint density at radius 1 is 1.22 bits per heavy atom. The van der Waals surface area contributed by atoms with Crippen molar-refractivity contribution in [1.29, 1.82) is 5.26 Å². The fourth-order valence-corrected chi connectivity index (χ4v) is 2.00. The number of nitrogens with zero attached hydrogens (tertiary/aromatic N) is 2. The van der Waals surface area contributed by atoms with Gasteiger partial charge in [-0.15, -0.1) is 0 Å². The largest absolute Gasteiger partial charge is 0.395 e. The van der Waals surface area contributed by atoms with Crippen LogP contribution in [0.4, 0.5) is 0 Å². The maximum Gasteiger partial charge on any atom is 0.0995 e. The average Bonchev–Trinajstić information content (AvgIpc) is 2.40. The van der Waals surface area contributed by atoms with Crippen molar-refractivity contribution in [3.63, 3.8) is 0 Å². The molecule has 1 aromatic carbocycles. The molecule has 0 spiro atoms. The van der Waals surface area contributed by atoms with Crippen LogP contribution >= 0.6 is 0 Å². The first-order valence-electron chi connectivity index (χ1n) is 6.63. The van der Waals surface area contributed by atoms with Gasteiger partial charge < -0.3 is 5.11 Å². The van der Waals surface area contributed by atoms with E-state index in [1.54, 1.807) is 0 Å². The summed E-state index contributed by atoms with van der Waals surface area (Å²) in [6.07, 6.45) is 3.55. The van der Waals surface area contributed by atoms with E-state index in [1.807, 2.05) is 24.3 Å². The fraction of sp³-hybridized carbons (Fsp3) is 0.533. The smallest absolute Gasteiger partial charge is 0.0995 e. The van der Waals surface area contributed by atoms with E-state index in [0.717, 1.165) is 30.6 Å². The Hall–Kier alpha value is -1.37. The highest BCUT2D eigenvalue weighted by Gasteiger charge is 2.08. The van der Waals surface area contributed by atoms with E-state index in [-0.39, 0.29) is 6.61 Å². The van der Waals surface area contributed by atoms with Crippen molar-refractivity contribution in [2.45, 2.75) is 32.7 Å². The van der Waals surface area contributed by atoms with Gasteiger partial charge in [-0.1, -0.05) is 38.0 Å². The lowest BCUT2D eigenvalue weighted by Gasteiger charge is -2.21. The van der Waals surface area contributed by atoms with Crippen LogP contribution in [0.5, 0.6) is 0 Å². The molecule has 0 aliphatic carbocycles. The predicted molar refractivity (Wildman–Crippen MR) is 73.0 cm³/mol. The van der Waals surface area contributed by atoms with E-state index >= 15 is 0 Å². The summed E-state index contributed by atoms with van der Waals surface area (Å²) < 4.78 is 0. The molecule has 0 aliphatic heterocycles. The number of hydrogen-bond donors (Lipinski definition) is 1. The minimum absolute atomic E-state index is 0.168. The van der Waals surface area contributed by atoms with Crippen LogP contribution in [0.1, 0.15) is 37.3 Å². The molecule has 3 heteroatoms. The van der Waals surface area contributed by atoms with Crippen molar-refractivity contribution in [3.8, 4) is 6.07 Å². The molecule has 0 fully saturated rings. The van der Waals surface area contributed by atoms with Gasteiger partial charge in [-0.2, -0.15) is 5.26 Å². The molecule has 0 amide bonds. The van der Waals surface area contributed by atoms with Gasteiger partial charge in [0, 0.05) is 13.1 Å². The standard InChI is InChI=1S/C15H22N2O/c1-2-3-6-9-17(10-11-18)13-15-8-5-4-7-14(15)12-16/h4-5,7-8,18H,2-3,6,9-11,13H2,1H3. The minimum Gasteiger partial charge on any atom is -0.395 e. The van der Waals surface area contributed by atoms with Crippen molar-refractivity contribution in [2.24, 2.45) is 0 Å². The molecule has 1 aromatic rings. The van der Waals surface area contributed by atoms with Crippen molar-refractivity contribution >= 4 is 0 Å². The van der Waals surface area contributed by atoms with E-state index in [4.69, 9.17) is 10.4 Å². The van der Waals surface area contributed by atoms with Crippen LogP contribution in [0.15, 0.2) is 24.3 Å². The third-order valence-electron chi connectivity index (χ3n) is 3.03. The van der Waals surface area contributed by atoms with Gasteiger partial charge in [0.05, 0.1) is 18.2 Å². The average molecular weight is 246 g/mol. The molecule has 18 heavy (non-hydrogen) atoms. The summed E-state index contributed by atoms with van der Waals surface area (Å²) in [6.45, 7) is 4.74. The molecule has 1 N–H and O–H groups in total. The molecule has 1 rings (SSSR count). The van der Waals surface area contributed by atoms with Gasteiger partial charge in [0.2, 0.25) is 0 Å². The Balaban J connectivity index is 2.61. The molecule has 0 aliphatic rings. The van der Waals surface area contributed by atoms with Crippen LogP contribution in [0.2, 0.25) is 0 Å². The number of rotatable bonds is 8. The third-order valence-corrected chi connectivity index (χ3v) is 3.03. The fourth-order valence-electron chi connectivity index (χ4n) is 2.00. The second-order valence-corrected chi connectivity index (χ2v) is 4.48. The van der Waals surface area contributed by atoms with E-state index < -0.39 is 0 Å². The van der Waals surface area contributed by atoms with Crippen molar-refractivity contribution in [1.82, 2.24) is 4.90 Å². The zero-order chi connectivity index (χ0) is 13.2. The minimum atomic E-state index is 0.168. The van der Waals surface area contributed by atoms with Crippen LogP contribution in [0.3, 0.4) is 0 Å². The number of unbranched alkanes of at least 4 members (excludes halogenated alkanes) is 2. The Morgan fingerprint density at radius 3 is 2.67 bits per heavy atom. The number of hydrogen-bond acceptors (Lipinski definition) is 3. The first kappa shape index (κ1) is 14.7. The van der Waals surface area contributed by atoms with Crippen LogP contribution in [-0.4, -0.2) is 29.7 Å². The molecule has 0 radical (unpaired) electrons. The SMILES string of the molecule is CCCCCN(CCO)Cc1ccccc1C#N. The first-order chi connectivity index (χ1) is 8.81. The summed E-state index contributed by atoms with van der Waals surface area (Å²) >= 11 is 0. The van der Waals surface area contributed by atoms with Crippen LogP contribution in [0.25, 0.3) is 0 Å². The summed E-state index contributed by atoms with van der Waals surface area (Å²) in [7, 11) is 0. The molecule has 0 saturated heterocycles. The second kappa shape index (κ2) is 8.68. The van der Waals surface area contributed by atoms with Crippen LogP contribution in [0, 0.1) is 11.3 Å². The zero-order valence-corrected chi connectivity index (χ0v) is 11.1. The summed E-state index contributed by atoms with van der Waals surface area (Å²) in [5, 5.41) is 18.1. The highest BCUT2D eigenvalue weighted by molar-refractivity contribution is 5.37. The third kappa shape index (κ3) is 4.87. The Labute approximate surface area is 110 Å². The molecule has 0 unspecified atom stereocenters. The summed E-state index contributed by atoms with van der Waals surface area (Å²) in [5.41, 5.74) is 1.78. The lowest BCUT2D eigenvalue weighted by molar-refractivity contribution is 0.187. The maximum absolute atomic E-state index is 9.09. The van der Waals surface area contributed by atoms with Crippen molar-refractivity contribution < 1.29 is 5.11 Å². The molecule has 98 valence electrons. The number of nitriles is 1. The lowest BCUT2D eigenvalue weighted by atomic mass is 10.1. The van der Waals surface area contributed by atoms with E-state index in [0.29, 0.717) is 6.54 Å². The maximum atomic E-state index is 9.09. The van der Waals surface area contributed by atoms with Gasteiger partial charge in [0.1, 0.15) is 0 Å². The molecule has 0 atom stereocenters. The lowest BCUT2D eigenvalue weighted by Crippen LogP contribution is -2.28. The summed E-state index contributed by atoms with van der Waals surface area (Å²) in [5.74, 6) is 0. The van der Waals surface area contributed by atoms with Gasteiger partial charge in [-0.3, -0.25) is 4.90 Å². The first-order valence-corrected chi connectivity index (χ1v) is 6.63. The predicted octanol–water partition coefficient (Wildman–Crippen LogP) is 2.54. The topological polar surface area (TPSA) is 47.3 Å². The molecule has 0 bridgehead atoms. The van der Waals surface area contributed by atoms with E-state index in [9.17, 15) is 0 Å². The monoisotopic (exact) mass is 246 g/mol. The number of aliphatic hydroxyl groups is 1. The summed E-state index contributed by atoms with van der Waals surface area (Å²) in [6, 6.07) is 9.90. The Kier molecular flexibility index (Phi) is 7.09. The highest BCUT2D eigenvalue weighted by atomic mass is 16.3. The van der Waals surface area contributed by atoms with Crippen molar-refractivity contribution in [3.05, 3.63) is 35.4 Å². The van der Waals surface area contributed by atoms with Crippen LogP contribution < -0.4 is 0 Å². The number of aliphatic hydroxyl groups excluding tert-OH is 1. The van der Waals surface area contributed by atoms with E-state index in [1.165, 1.54) is 12.8 Å². The van der Waals surface area contributed by atoms with Crippen LogP contribution in [-0.2, 0) is 6.54 Å². The van der Waals surface area contributed by atoms with Crippen molar-refractivity contribution in [2.75, 3.05) is 19.7 Å². The Morgan fingerprint density at radius 2 is 2.00 bits per heavy atom. The quantitative estimate of drug-likeness (QED) is 0.717. The summed E-state index contributed by atoms with van der Waals surface area (Å²) in [4.78, 5) is 2.21. The van der Waals surface area contributed by atoms with Gasteiger partial charge in [0.15, 0.2) is 0 Å². The normalized spacial score (nSPS) is 10.6. The zero-order valence-electron chi connectivity index (χ0n) is 11.1. The molecule has 3 nitrogen and oxygen atoms in total.